The molecule has 0 N–H and O–H groups in total. The Balaban J connectivity index is 0.962. The number of benzene rings is 13. The SMILES string of the molecule is c1ccc(N(c2ccccc2)c2cc3c4c(c2)N(c2ccccc2)c2ccccc2B4c2cc4c(c(C5c6ccccc6Oc6ccccc65)c2[Se]3)[Se]c2cc(N(c3ccccc3)c3ccccc3)cc3c2B4c2ccccc2N3c2ccccc2)cc1. The molecule has 412 valence electrons. The molecule has 0 aromatic heterocycles. The Bertz CT molecular complexity index is 4510. The van der Waals surface area contributed by atoms with E-state index in [0.29, 0.717) is 0 Å². The third-order valence-electron chi connectivity index (χ3n) is 18.2. The van der Waals surface area contributed by atoms with Crippen LogP contribution in [0.4, 0.5) is 68.2 Å². The normalized spacial score (nSPS) is 13.5. The Hall–Kier alpha value is -9.97. The summed E-state index contributed by atoms with van der Waals surface area (Å²) in [6.45, 7) is -0.143. The van der Waals surface area contributed by atoms with Crippen molar-refractivity contribution < 1.29 is 4.74 Å². The van der Waals surface area contributed by atoms with Crippen LogP contribution in [0.25, 0.3) is 0 Å². The molecule has 0 fully saturated rings. The Morgan fingerprint density at radius 2 is 0.648 bits per heavy atom. The first kappa shape index (κ1) is 51.3. The van der Waals surface area contributed by atoms with E-state index in [4.69, 9.17) is 4.74 Å². The van der Waals surface area contributed by atoms with Crippen LogP contribution >= 0.6 is 0 Å². The van der Waals surface area contributed by atoms with Crippen molar-refractivity contribution in [1.82, 2.24) is 0 Å². The summed E-state index contributed by atoms with van der Waals surface area (Å²) in [5.74, 6) is 1.73. The van der Waals surface area contributed by atoms with E-state index in [9.17, 15) is 0 Å². The Labute approximate surface area is 526 Å². The van der Waals surface area contributed by atoms with Gasteiger partial charge >= 0.3 is 530 Å². The summed E-state index contributed by atoms with van der Waals surface area (Å²) in [4.78, 5) is 10.0. The topological polar surface area (TPSA) is 22.2 Å². The van der Waals surface area contributed by atoms with Crippen molar-refractivity contribution in [2.45, 2.75) is 5.92 Å². The Morgan fingerprint density at radius 1 is 0.307 bits per heavy atom. The van der Waals surface area contributed by atoms with Crippen LogP contribution in [-0.2, 0) is 0 Å². The summed E-state index contributed by atoms with van der Waals surface area (Å²) < 4.78 is 12.8. The van der Waals surface area contributed by atoms with Gasteiger partial charge in [-0.15, -0.1) is 0 Å². The fraction of sp³-hybridized carbons (Fsp3) is 0.0127. The number of hydrogen-bond donors (Lipinski definition) is 0. The minimum atomic E-state index is -0.193. The fourth-order valence-corrected chi connectivity index (χ4v) is 20.7. The standard InChI is InChI=1S/C79H52B2N4OSe2/c1-7-27-52(28-8-1)82(53-29-9-2-10-30-53)58-47-68-76-72(49-58)87-78-64(80(76)62-41-21-23-43-66(62)84(68)56-35-15-5-16-36-56)51-65-79(75(78)74-60-39-19-25-45-70(60)86-71-46-26-20-40-61(71)74)88-73-50-59(83(54-31-11-3-12-32-54)55-33-13-4-14-34-55)48-69-77(73)81(65)63-42-22-24-44-67(63)85(69)57-37-17-6-18-38-57/h1-51,74H. The maximum absolute atomic E-state index is 7.01. The zero-order valence-electron chi connectivity index (χ0n) is 47.7. The second kappa shape index (κ2) is 20.9. The van der Waals surface area contributed by atoms with Gasteiger partial charge in [0.2, 0.25) is 0 Å². The Kier molecular flexibility index (Phi) is 12.2. The molecule has 0 bridgehead atoms. The van der Waals surface area contributed by atoms with Crippen molar-refractivity contribution >= 4 is 162 Å². The summed E-state index contributed by atoms with van der Waals surface area (Å²) in [5, 5.41) is 0. The van der Waals surface area contributed by atoms with E-state index in [2.05, 4.69) is 329 Å². The van der Waals surface area contributed by atoms with E-state index in [0.717, 1.165) is 57.0 Å². The van der Waals surface area contributed by atoms with Crippen LogP contribution in [0.3, 0.4) is 0 Å². The molecule has 0 aliphatic carbocycles. The molecular formula is C79H52B2N4OSe2. The van der Waals surface area contributed by atoms with E-state index >= 15 is 0 Å². The number of para-hydroxylation sites is 10. The van der Waals surface area contributed by atoms with Crippen molar-refractivity contribution in [3.8, 4) is 11.5 Å². The van der Waals surface area contributed by atoms with Crippen LogP contribution in [0.1, 0.15) is 22.6 Å². The Morgan fingerprint density at radius 3 is 1.05 bits per heavy atom. The maximum atomic E-state index is 7.01. The van der Waals surface area contributed by atoms with Gasteiger partial charge in [-0.3, -0.25) is 0 Å². The van der Waals surface area contributed by atoms with Crippen molar-refractivity contribution in [1.29, 1.82) is 0 Å². The summed E-state index contributed by atoms with van der Waals surface area (Å²) in [6.07, 6.45) is 0. The van der Waals surface area contributed by atoms with Gasteiger partial charge in [0.1, 0.15) is 0 Å². The van der Waals surface area contributed by atoms with Crippen molar-refractivity contribution in [3.05, 3.63) is 326 Å². The quantitative estimate of drug-likeness (QED) is 0.134. The van der Waals surface area contributed by atoms with Crippen molar-refractivity contribution in [2.24, 2.45) is 0 Å². The average Bonchev–Trinajstić information content (AvgIpc) is 0.744. The summed E-state index contributed by atoms with van der Waals surface area (Å²) in [7, 11) is 0. The summed E-state index contributed by atoms with van der Waals surface area (Å²) in [5.41, 5.74) is 26.0. The van der Waals surface area contributed by atoms with Crippen LogP contribution in [-0.4, -0.2) is 43.3 Å². The van der Waals surface area contributed by atoms with E-state index in [1.807, 2.05) is 0 Å². The van der Waals surface area contributed by atoms with Gasteiger partial charge in [0.25, 0.3) is 0 Å². The molecular weight excluding hydrogens is 1200 g/mol. The third kappa shape index (κ3) is 8.09. The molecule has 18 rings (SSSR count). The molecule has 0 spiro atoms. The number of hydrogen-bond acceptors (Lipinski definition) is 5. The number of nitrogens with zero attached hydrogens (tertiary/aromatic N) is 4. The van der Waals surface area contributed by atoms with Crippen LogP contribution < -0.4 is 75.0 Å². The molecule has 0 amide bonds. The van der Waals surface area contributed by atoms with E-state index in [-0.39, 0.29) is 49.3 Å². The fourth-order valence-electron chi connectivity index (χ4n) is 14.6. The summed E-state index contributed by atoms with van der Waals surface area (Å²) in [6, 6.07) is 115. The van der Waals surface area contributed by atoms with Crippen molar-refractivity contribution in [2.75, 3.05) is 19.6 Å². The van der Waals surface area contributed by atoms with Crippen LogP contribution in [0.15, 0.2) is 309 Å². The van der Waals surface area contributed by atoms with Gasteiger partial charge in [-0.1, -0.05) is 0 Å². The number of anilines is 12. The van der Waals surface area contributed by atoms with Gasteiger partial charge in [0.05, 0.1) is 0 Å². The first-order valence-corrected chi connectivity index (χ1v) is 33.6. The van der Waals surface area contributed by atoms with Crippen LogP contribution in [0, 0.1) is 0 Å². The molecule has 5 nitrogen and oxygen atoms in total. The number of rotatable bonds is 9. The molecule has 88 heavy (non-hydrogen) atoms. The predicted molar refractivity (Wildman–Crippen MR) is 371 cm³/mol. The molecule has 0 saturated carbocycles. The van der Waals surface area contributed by atoms with Crippen molar-refractivity contribution in [3.63, 3.8) is 0 Å². The van der Waals surface area contributed by atoms with E-state index < -0.39 is 0 Å². The molecule has 0 unspecified atom stereocenters. The molecule has 5 heterocycles. The van der Waals surface area contributed by atoms with E-state index in [1.165, 1.54) is 90.1 Å². The van der Waals surface area contributed by atoms with Gasteiger partial charge in [-0.2, -0.15) is 0 Å². The predicted octanol–water partition coefficient (Wildman–Crippen LogP) is 12.4. The first-order chi connectivity index (χ1) is 43.7. The zero-order chi connectivity index (χ0) is 57.8. The van der Waals surface area contributed by atoms with Gasteiger partial charge in [-0.05, 0) is 0 Å². The van der Waals surface area contributed by atoms with Crippen LogP contribution in [0.5, 0.6) is 11.5 Å². The van der Waals surface area contributed by atoms with Gasteiger partial charge in [-0.25, -0.2) is 0 Å². The second-order valence-electron chi connectivity index (χ2n) is 23.0. The molecule has 5 aliphatic rings. The second-order valence-corrected chi connectivity index (χ2v) is 27.4. The molecule has 13 aromatic carbocycles. The van der Waals surface area contributed by atoms with Gasteiger partial charge in [0, 0.05) is 0 Å². The third-order valence-corrected chi connectivity index (χ3v) is 23.3. The zero-order valence-corrected chi connectivity index (χ0v) is 51.1. The molecule has 0 atom stereocenters. The molecule has 9 heteroatoms. The average molecular weight is 1250 g/mol. The van der Waals surface area contributed by atoms with Gasteiger partial charge < -0.3 is 0 Å². The monoisotopic (exact) mass is 1250 g/mol. The number of fused-ring (bicyclic) bond motifs is 10. The molecule has 5 aliphatic heterocycles. The van der Waals surface area contributed by atoms with Crippen LogP contribution in [0.2, 0.25) is 0 Å². The van der Waals surface area contributed by atoms with Gasteiger partial charge in [0.15, 0.2) is 0 Å². The minimum absolute atomic E-state index is 0.0715. The summed E-state index contributed by atoms with van der Waals surface area (Å²) >= 11 is -0.386. The molecule has 13 aromatic rings. The van der Waals surface area contributed by atoms with E-state index in [1.54, 1.807) is 0 Å². The molecule has 0 radical (unpaired) electrons. The molecule has 0 saturated heterocycles. The number of ether oxygens (including phenoxy) is 1. The first-order valence-electron chi connectivity index (χ1n) is 30.2.